The number of hydrogen-bond acceptors (Lipinski definition) is 3. The lowest BCUT2D eigenvalue weighted by Gasteiger charge is -2.23. The van der Waals surface area contributed by atoms with Gasteiger partial charge in [0.05, 0.1) is 17.7 Å². The van der Waals surface area contributed by atoms with Crippen molar-refractivity contribution in [3.8, 4) is 0 Å². The van der Waals surface area contributed by atoms with Gasteiger partial charge in [0.15, 0.2) is 0 Å². The maximum atomic E-state index is 13.1. The third kappa shape index (κ3) is 6.30. The highest BCUT2D eigenvalue weighted by molar-refractivity contribution is 9.10. The maximum Gasteiger partial charge on any atom is 0.221 e. The van der Waals surface area contributed by atoms with E-state index in [1.165, 1.54) is 6.07 Å². The van der Waals surface area contributed by atoms with Gasteiger partial charge in [-0.3, -0.25) is 4.79 Å². The minimum absolute atomic E-state index is 0. The van der Waals surface area contributed by atoms with Crippen LogP contribution in [0.2, 0.25) is 0 Å². The summed E-state index contributed by atoms with van der Waals surface area (Å²) in [5.41, 5.74) is 0.984. The first-order valence-corrected chi connectivity index (χ1v) is 7.46. The number of benzene rings is 1. The molecule has 0 saturated carbocycles. The van der Waals surface area contributed by atoms with Gasteiger partial charge < -0.3 is 15.4 Å². The smallest absolute Gasteiger partial charge is 0.221 e. The van der Waals surface area contributed by atoms with E-state index in [2.05, 4.69) is 26.6 Å². The molecule has 1 fully saturated rings. The summed E-state index contributed by atoms with van der Waals surface area (Å²) in [6, 6.07) is 4.98. The zero-order valence-electron chi connectivity index (χ0n) is 11.5. The molecule has 0 spiro atoms. The average Bonchev–Trinajstić information content (AvgIpc) is 2.44. The Hall–Kier alpha value is -0.690. The molecule has 7 heteroatoms. The Morgan fingerprint density at radius 2 is 2.33 bits per heavy atom. The standard InChI is InChI=1S/C14H18BrFN2O2.ClH/c15-12-7-10(1-2-13(12)16)3-4-18-14(19)8-11-9-20-6-5-17-11;/h1-2,7,11,17H,3-6,8-9H2,(H,18,19);1H. The summed E-state index contributed by atoms with van der Waals surface area (Å²) in [5.74, 6) is -0.268. The Morgan fingerprint density at radius 1 is 1.52 bits per heavy atom. The van der Waals surface area contributed by atoms with Crippen LogP contribution >= 0.6 is 28.3 Å². The number of rotatable bonds is 5. The summed E-state index contributed by atoms with van der Waals surface area (Å²) >= 11 is 3.15. The van der Waals surface area contributed by atoms with Crippen molar-refractivity contribution < 1.29 is 13.9 Å². The molecule has 4 nitrogen and oxygen atoms in total. The van der Waals surface area contributed by atoms with Crippen LogP contribution in [-0.4, -0.2) is 38.3 Å². The fraction of sp³-hybridized carbons (Fsp3) is 0.500. The average molecular weight is 382 g/mol. The van der Waals surface area contributed by atoms with E-state index in [0.29, 0.717) is 37.1 Å². The molecule has 21 heavy (non-hydrogen) atoms. The van der Waals surface area contributed by atoms with Crippen LogP contribution in [0.3, 0.4) is 0 Å². The van der Waals surface area contributed by atoms with Gasteiger partial charge in [0, 0.05) is 25.6 Å². The second-order valence-corrected chi connectivity index (χ2v) is 5.63. The van der Waals surface area contributed by atoms with Gasteiger partial charge >= 0.3 is 0 Å². The lowest BCUT2D eigenvalue weighted by Crippen LogP contribution is -2.44. The summed E-state index contributed by atoms with van der Waals surface area (Å²) in [5, 5.41) is 6.11. The first-order valence-electron chi connectivity index (χ1n) is 6.67. The number of halogens is 3. The number of nitrogens with one attached hydrogen (secondary N) is 2. The minimum atomic E-state index is -0.277. The van der Waals surface area contributed by atoms with Crippen LogP contribution in [0.1, 0.15) is 12.0 Å². The largest absolute Gasteiger partial charge is 0.378 e. The fourth-order valence-electron chi connectivity index (χ4n) is 2.09. The molecule has 1 heterocycles. The van der Waals surface area contributed by atoms with Gasteiger partial charge in [0.2, 0.25) is 5.91 Å². The van der Waals surface area contributed by atoms with Gasteiger partial charge in [-0.05, 0) is 40.0 Å². The summed E-state index contributed by atoms with van der Waals surface area (Å²) in [6.45, 7) is 2.63. The van der Waals surface area contributed by atoms with Crippen LogP contribution < -0.4 is 10.6 Å². The Bertz CT molecular complexity index is 470. The van der Waals surface area contributed by atoms with Crippen LogP contribution in [0.15, 0.2) is 22.7 Å². The molecule has 0 aromatic heterocycles. The first-order chi connectivity index (χ1) is 9.65. The summed E-state index contributed by atoms with van der Waals surface area (Å²) in [6.07, 6.45) is 1.10. The Kier molecular flexibility index (Phi) is 8.18. The number of amides is 1. The second-order valence-electron chi connectivity index (χ2n) is 4.78. The fourth-order valence-corrected chi connectivity index (χ4v) is 2.51. The van der Waals surface area contributed by atoms with Crippen molar-refractivity contribution in [2.24, 2.45) is 0 Å². The number of morpholine rings is 1. The zero-order valence-corrected chi connectivity index (χ0v) is 13.9. The summed E-state index contributed by atoms with van der Waals surface area (Å²) in [4.78, 5) is 11.7. The first kappa shape index (κ1) is 18.4. The van der Waals surface area contributed by atoms with Crippen LogP contribution in [-0.2, 0) is 16.0 Å². The van der Waals surface area contributed by atoms with Crippen LogP contribution in [0.5, 0.6) is 0 Å². The molecule has 118 valence electrons. The number of ether oxygens (including phenoxy) is 1. The van der Waals surface area contributed by atoms with Gasteiger partial charge in [0.1, 0.15) is 5.82 Å². The topological polar surface area (TPSA) is 50.4 Å². The highest BCUT2D eigenvalue weighted by Crippen LogP contribution is 2.16. The molecular weight excluding hydrogens is 363 g/mol. The van der Waals surface area contributed by atoms with E-state index in [0.717, 1.165) is 12.1 Å². The lowest BCUT2D eigenvalue weighted by molar-refractivity contribution is -0.122. The van der Waals surface area contributed by atoms with E-state index in [1.54, 1.807) is 12.1 Å². The molecule has 1 amide bonds. The molecule has 1 saturated heterocycles. The lowest BCUT2D eigenvalue weighted by atomic mass is 10.1. The third-order valence-corrected chi connectivity index (χ3v) is 3.76. The second kappa shape index (κ2) is 9.35. The minimum Gasteiger partial charge on any atom is -0.378 e. The van der Waals surface area contributed by atoms with Gasteiger partial charge in [0.25, 0.3) is 0 Å². The van der Waals surface area contributed by atoms with Crippen molar-refractivity contribution in [2.75, 3.05) is 26.3 Å². The van der Waals surface area contributed by atoms with E-state index in [9.17, 15) is 9.18 Å². The van der Waals surface area contributed by atoms with Gasteiger partial charge in [-0.1, -0.05) is 6.07 Å². The molecule has 2 N–H and O–H groups in total. The maximum absolute atomic E-state index is 13.1. The molecule has 1 aromatic rings. The van der Waals surface area contributed by atoms with E-state index in [-0.39, 0.29) is 30.2 Å². The molecule has 2 rings (SSSR count). The highest BCUT2D eigenvalue weighted by Gasteiger charge is 2.16. The molecule has 0 aliphatic carbocycles. The summed E-state index contributed by atoms with van der Waals surface area (Å²) in [7, 11) is 0. The zero-order chi connectivity index (χ0) is 14.4. The molecule has 1 aromatic carbocycles. The normalized spacial score (nSPS) is 17.9. The van der Waals surface area contributed by atoms with Gasteiger partial charge in [-0.25, -0.2) is 4.39 Å². The Labute approximate surface area is 138 Å². The molecule has 1 aliphatic heterocycles. The van der Waals surface area contributed by atoms with Crippen LogP contribution in [0, 0.1) is 5.82 Å². The Balaban J connectivity index is 0.00000220. The van der Waals surface area contributed by atoms with Gasteiger partial charge in [-0.2, -0.15) is 0 Å². The molecular formula is C14H19BrClFN2O2. The van der Waals surface area contributed by atoms with E-state index in [4.69, 9.17) is 4.74 Å². The molecule has 1 atom stereocenters. The number of carbonyl (C=O) groups is 1. The van der Waals surface area contributed by atoms with Crippen molar-refractivity contribution in [1.82, 2.24) is 10.6 Å². The van der Waals surface area contributed by atoms with E-state index >= 15 is 0 Å². The van der Waals surface area contributed by atoms with Crippen LogP contribution in [0.25, 0.3) is 0 Å². The molecule has 1 unspecified atom stereocenters. The van der Waals surface area contributed by atoms with Crippen molar-refractivity contribution in [3.05, 3.63) is 34.1 Å². The monoisotopic (exact) mass is 380 g/mol. The Morgan fingerprint density at radius 3 is 3.00 bits per heavy atom. The van der Waals surface area contributed by atoms with E-state index < -0.39 is 0 Å². The predicted octanol–water partition coefficient (Wildman–Crippen LogP) is 2.05. The number of hydrogen-bond donors (Lipinski definition) is 2. The molecule has 0 bridgehead atoms. The van der Waals surface area contributed by atoms with Crippen molar-refractivity contribution in [2.45, 2.75) is 18.9 Å². The summed E-state index contributed by atoms with van der Waals surface area (Å²) < 4.78 is 18.8. The molecule has 1 aliphatic rings. The number of carbonyl (C=O) groups excluding carboxylic acids is 1. The van der Waals surface area contributed by atoms with Crippen molar-refractivity contribution in [3.63, 3.8) is 0 Å². The van der Waals surface area contributed by atoms with Crippen molar-refractivity contribution in [1.29, 1.82) is 0 Å². The SMILES string of the molecule is Cl.O=C(CC1COCCN1)NCCc1ccc(F)c(Br)c1. The van der Waals surface area contributed by atoms with Crippen molar-refractivity contribution >= 4 is 34.2 Å². The van der Waals surface area contributed by atoms with Gasteiger partial charge in [-0.15, -0.1) is 12.4 Å². The molecule has 0 radical (unpaired) electrons. The van der Waals surface area contributed by atoms with E-state index in [1.807, 2.05) is 0 Å². The highest BCUT2D eigenvalue weighted by atomic mass is 79.9. The predicted molar refractivity (Wildman–Crippen MR) is 85.3 cm³/mol. The third-order valence-electron chi connectivity index (χ3n) is 3.15. The quantitative estimate of drug-likeness (QED) is 0.821. The van der Waals surface area contributed by atoms with Crippen LogP contribution in [0.4, 0.5) is 4.39 Å².